The Balaban J connectivity index is 1.17. The van der Waals surface area contributed by atoms with Crippen molar-refractivity contribution in [2.45, 2.75) is 19.8 Å². The van der Waals surface area contributed by atoms with Crippen LogP contribution in [0, 0.1) is 6.92 Å². The lowest BCUT2D eigenvalue weighted by Gasteiger charge is -2.28. The molecule has 0 amide bonds. The van der Waals surface area contributed by atoms with E-state index in [-0.39, 0.29) is 0 Å². The summed E-state index contributed by atoms with van der Waals surface area (Å²) in [6.07, 6.45) is 9.01. The Kier molecular flexibility index (Phi) is 9.95. The molecule has 63 heavy (non-hydrogen) atoms. The Hall–Kier alpha value is -7.94. The number of para-hydroxylation sites is 3. The van der Waals surface area contributed by atoms with Crippen molar-refractivity contribution in [2.24, 2.45) is 0 Å². The average molecular weight is 807 g/mol. The van der Waals surface area contributed by atoms with Gasteiger partial charge in [0.1, 0.15) is 0 Å². The van der Waals surface area contributed by atoms with Gasteiger partial charge in [0.2, 0.25) is 0 Å². The maximum Gasteiger partial charge on any atom is 0.0462 e. The molecule has 0 radical (unpaired) electrons. The van der Waals surface area contributed by atoms with Crippen LogP contribution in [-0.4, -0.2) is 0 Å². The van der Waals surface area contributed by atoms with Gasteiger partial charge in [0.25, 0.3) is 0 Å². The van der Waals surface area contributed by atoms with Crippen LogP contribution in [0.4, 0.5) is 28.4 Å². The largest absolute Gasteiger partial charge is 0.311 e. The number of anilines is 5. The number of rotatable bonds is 9. The Bertz CT molecular complexity index is 3270. The van der Waals surface area contributed by atoms with E-state index >= 15 is 0 Å². The van der Waals surface area contributed by atoms with Crippen LogP contribution in [0.25, 0.3) is 65.7 Å². The molecule has 0 bridgehead atoms. The first kappa shape index (κ1) is 38.0. The van der Waals surface area contributed by atoms with Crippen LogP contribution >= 0.6 is 0 Å². The zero-order chi connectivity index (χ0) is 42.1. The average Bonchev–Trinajstić information content (AvgIpc) is 3.35. The number of aryl methyl sites for hydroxylation is 1. The van der Waals surface area contributed by atoms with Crippen LogP contribution in [0.15, 0.2) is 242 Å². The summed E-state index contributed by atoms with van der Waals surface area (Å²) in [6.45, 7) is 2.19. The molecule has 11 rings (SSSR count). The van der Waals surface area contributed by atoms with Crippen molar-refractivity contribution >= 4 is 60.8 Å². The Morgan fingerprint density at radius 1 is 0.349 bits per heavy atom. The number of nitrogens with zero attached hydrogens (tertiary/aromatic N) is 2. The van der Waals surface area contributed by atoms with Crippen molar-refractivity contribution in [2.75, 3.05) is 9.80 Å². The molecule has 0 unspecified atom stereocenters. The van der Waals surface area contributed by atoms with Gasteiger partial charge in [0, 0.05) is 34.1 Å². The molecule has 0 saturated heterocycles. The molecule has 0 saturated carbocycles. The zero-order valence-corrected chi connectivity index (χ0v) is 35.3. The minimum atomic E-state index is 1.04. The van der Waals surface area contributed by atoms with Crippen LogP contribution in [0.3, 0.4) is 0 Å². The zero-order valence-electron chi connectivity index (χ0n) is 35.3. The summed E-state index contributed by atoms with van der Waals surface area (Å²) < 4.78 is 0. The SMILES string of the molecule is Cc1cccc(-c2cc(-c3ccc(N(c4ccccc4)c4ccccc4)cc3)c3c4ccccc4c4ccccc4c3c2-c2ccc(N(C3=CCCC=C3)c3ccccc3)cc2)c1. The van der Waals surface area contributed by atoms with Crippen molar-refractivity contribution in [1.29, 1.82) is 0 Å². The van der Waals surface area contributed by atoms with Crippen molar-refractivity contribution in [3.63, 3.8) is 0 Å². The molecular formula is C61H46N2. The Labute approximate surface area is 370 Å². The van der Waals surface area contributed by atoms with Crippen LogP contribution < -0.4 is 9.80 Å². The second-order valence-electron chi connectivity index (χ2n) is 16.4. The van der Waals surface area contributed by atoms with Crippen molar-refractivity contribution in [1.82, 2.24) is 0 Å². The Morgan fingerprint density at radius 2 is 0.841 bits per heavy atom. The van der Waals surface area contributed by atoms with Crippen LogP contribution in [-0.2, 0) is 0 Å². The van der Waals surface area contributed by atoms with E-state index in [2.05, 4.69) is 253 Å². The predicted molar refractivity (Wildman–Crippen MR) is 270 cm³/mol. The first-order valence-corrected chi connectivity index (χ1v) is 22.0. The number of hydrogen-bond donors (Lipinski definition) is 0. The summed E-state index contributed by atoms with van der Waals surface area (Å²) in [5, 5.41) is 7.55. The third-order valence-electron chi connectivity index (χ3n) is 12.5. The molecule has 0 atom stereocenters. The van der Waals surface area contributed by atoms with Crippen LogP contribution in [0.5, 0.6) is 0 Å². The maximum absolute atomic E-state index is 2.47. The third kappa shape index (κ3) is 7.06. The summed E-state index contributed by atoms with van der Waals surface area (Å²) >= 11 is 0. The molecule has 2 nitrogen and oxygen atoms in total. The fourth-order valence-corrected chi connectivity index (χ4v) is 9.63. The van der Waals surface area contributed by atoms with Gasteiger partial charge in [-0.3, -0.25) is 0 Å². The second-order valence-corrected chi connectivity index (χ2v) is 16.4. The van der Waals surface area contributed by atoms with E-state index in [1.54, 1.807) is 0 Å². The van der Waals surface area contributed by atoms with E-state index in [9.17, 15) is 0 Å². The minimum Gasteiger partial charge on any atom is -0.311 e. The van der Waals surface area contributed by atoms with Gasteiger partial charge in [-0.15, -0.1) is 0 Å². The fraction of sp³-hybridized carbons (Fsp3) is 0.0492. The quantitative estimate of drug-likeness (QED) is 0.134. The summed E-state index contributed by atoms with van der Waals surface area (Å²) in [7, 11) is 0. The van der Waals surface area contributed by atoms with Crippen molar-refractivity contribution in [3.8, 4) is 33.4 Å². The van der Waals surface area contributed by atoms with Gasteiger partial charge < -0.3 is 9.80 Å². The first-order valence-electron chi connectivity index (χ1n) is 22.0. The molecule has 0 heterocycles. The first-order chi connectivity index (χ1) is 31.2. The van der Waals surface area contributed by atoms with E-state index in [0.29, 0.717) is 0 Å². The van der Waals surface area contributed by atoms with Crippen LogP contribution in [0.1, 0.15) is 18.4 Å². The summed E-state index contributed by atoms with van der Waals surface area (Å²) in [5.41, 5.74) is 15.3. The number of fused-ring (bicyclic) bond motifs is 6. The molecule has 300 valence electrons. The molecule has 0 N–H and O–H groups in total. The molecule has 2 heteroatoms. The third-order valence-corrected chi connectivity index (χ3v) is 12.5. The second kappa shape index (κ2) is 16.5. The lowest BCUT2D eigenvalue weighted by atomic mass is 9.81. The summed E-state index contributed by atoms with van der Waals surface area (Å²) in [6, 6.07) is 79.9. The molecule has 10 aromatic carbocycles. The van der Waals surface area contributed by atoms with Gasteiger partial charge in [-0.2, -0.15) is 0 Å². The van der Waals surface area contributed by atoms with Crippen molar-refractivity contribution in [3.05, 3.63) is 248 Å². The lowest BCUT2D eigenvalue weighted by Crippen LogP contribution is -2.16. The highest BCUT2D eigenvalue weighted by Crippen LogP contribution is 2.50. The topological polar surface area (TPSA) is 6.48 Å². The molecule has 0 aliphatic heterocycles. The fourth-order valence-electron chi connectivity index (χ4n) is 9.63. The minimum absolute atomic E-state index is 1.04. The van der Waals surface area contributed by atoms with E-state index in [4.69, 9.17) is 0 Å². The van der Waals surface area contributed by atoms with E-state index in [1.165, 1.54) is 77.0 Å². The smallest absolute Gasteiger partial charge is 0.0462 e. The molecule has 0 fully saturated rings. The molecule has 1 aliphatic rings. The number of benzene rings is 10. The normalized spacial score (nSPS) is 12.4. The summed E-state index contributed by atoms with van der Waals surface area (Å²) in [4.78, 5) is 4.71. The molecule has 0 spiro atoms. The monoisotopic (exact) mass is 806 g/mol. The Morgan fingerprint density at radius 3 is 1.40 bits per heavy atom. The highest BCUT2D eigenvalue weighted by molar-refractivity contribution is 6.33. The van der Waals surface area contributed by atoms with Gasteiger partial charge in [0.05, 0.1) is 0 Å². The van der Waals surface area contributed by atoms with Gasteiger partial charge in [-0.25, -0.2) is 0 Å². The van der Waals surface area contributed by atoms with E-state index < -0.39 is 0 Å². The highest BCUT2D eigenvalue weighted by Gasteiger charge is 2.23. The molecular weight excluding hydrogens is 761 g/mol. The maximum atomic E-state index is 2.47. The highest BCUT2D eigenvalue weighted by atomic mass is 15.1. The number of allylic oxidation sites excluding steroid dienone is 3. The lowest BCUT2D eigenvalue weighted by molar-refractivity contribution is 0.997. The molecule has 1 aliphatic carbocycles. The van der Waals surface area contributed by atoms with Gasteiger partial charge >= 0.3 is 0 Å². The molecule has 10 aromatic rings. The van der Waals surface area contributed by atoms with Gasteiger partial charge in [-0.05, 0) is 158 Å². The number of hydrogen-bond acceptors (Lipinski definition) is 2. The van der Waals surface area contributed by atoms with Gasteiger partial charge in [-0.1, -0.05) is 169 Å². The molecule has 0 aromatic heterocycles. The van der Waals surface area contributed by atoms with E-state index in [0.717, 1.165) is 41.3 Å². The predicted octanol–water partition coefficient (Wildman–Crippen LogP) is 17.3. The van der Waals surface area contributed by atoms with E-state index in [1.807, 2.05) is 0 Å². The van der Waals surface area contributed by atoms with Crippen LogP contribution in [0.2, 0.25) is 0 Å². The standard InChI is InChI=1S/C61H46N2/c1-43-19-18-20-46(41-43)58-42-57(44-33-37-51(38-34-44)62(47-21-6-2-7-22-47)48-23-8-3-9-24-48)60-55-31-16-14-29-53(55)54-30-15-17-32-56(54)61(60)59(58)45-35-39-52(40-36-45)63(49-25-10-4-11-26-49)50-27-12-5-13-28-50/h2-4,6-12,14-42H,5,13H2,1H3. The van der Waals surface area contributed by atoms with Crippen molar-refractivity contribution < 1.29 is 0 Å². The summed E-state index contributed by atoms with van der Waals surface area (Å²) in [5.74, 6) is 0. The van der Waals surface area contributed by atoms with Gasteiger partial charge in [0.15, 0.2) is 0 Å².